The summed E-state index contributed by atoms with van der Waals surface area (Å²) >= 11 is 1.72. The standard InChI is InChI=1S/C13H18N4S/c1-7-6-8(2)15-13(14-7)16-9(3)12-10(4)18-11(5)17-12/h6,9H,1-5H3,(H,14,15,16). The second-order valence-corrected chi connectivity index (χ2v) is 5.92. The van der Waals surface area contributed by atoms with Gasteiger partial charge in [0.1, 0.15) is 0 Å². The van der Waals surface area contributed by atoms with Crippen molar-refractivity contribution < 1.29 is 0 Å². The molecule has 0 amide bonds. The van der Waals surface area contributed by atoms with E-state index in [1.807, 2.05) is 26.8 Å². The maximum absolute atomic E-state index is 4.55. The van der Waals surface area contributed by atoms with E-state index in [1.165, 1.54) is 4.88 Å². The van der Waals surface area contributed by atoms with Gasteiger partial charge in [0.05, 0.1) is 16.7 Å². The summed E-state index contributed by atoms with van der Waals surface area (Å²) in [5, 5.41) is 4.41. The van der Waals surface area contributed by atoms with Crippen LogP contribution in [-0.4, -0.2) is 15.0 Å². The summed E-state index contributed by atoms with van der Waals surface area (Å²) in [6.45, 7) is 10.2. The molecule has 0 aliphatic carbocycles. The topological polar surface area (TPSA) is 50.7 Å². The van der Waals surface area contributed by atoms with Crippen LogP contribution in [0.1, 0.15) is 39.9 Å². The van der Waals surface area contributed by atoms with Gasteiger partial charge < -0.3 is 5.32 Å². The predicted molar refractivity (Wildman–Crippen MR) is 75.1 cm³/mol. The summed E-state index contributed by atoms with van der Waals surface area (Å²) in [5.41, 5.74) is 3.03. The lowest BCUT2D eigenvalue weighted by Gasteiger charge is -2.13. The Labute approximate surface area is 112 Å². The number of thiazole rings is 1. The summed E-state index contributed by atoms with van der Waals surface area (Å²) < 4.78 is 0. The second kappa shape index (κ2) is 5.02. The van der Waals surface area contributed by atoms with E-state index in [-0.39, 0.29) is 6.04 Å². The van der Waals surface area contributed by atoms with Gasteiger partial charge in [-0.25, -0.2) is 15.0 Å². The van der Waals surface area contributed by atoms with E-state index < -0.39 is 0 Å². The first-order chi connectivity index (χ1) is 8.45. The van der Waals surface area contributed by atoms with Crippen molar-refractivity contribution in [3.63, 3.8) is 0 Å². The fourth-order valence-corrected chi connectivity index (χ4v) is 2.91. The van der Waals surface area contributed by atoms with Gasteiger partial charge in [0.2, 0.25) is 5.95 Å². The van der Waals surface area contributed by atoms with Crippen LogP contribution >= 0.6 is 11.3 Å². The Balaban J connectivity index is 2.20. The third-order valence-corrected chi connectivity index (χ3v) is 3.58. The smallest absolute Gasteiger partial charge is 0.223 e. The summed E-state index contributed by atoms with van der Waals surface area (Å²) in [7, 11) is 0. The van der Waals surface area contributed by atoms with E-state index in [4.69, 9.17) is 0 Å². The predicted octanol–water partition coefficient (Wildman–Crippen LogP) is 3.34. The van der Waals surface area contributed by atoms with Gasteiger partial charge in [0.15, 0.2) is 0 Å². The SMILES string of the molecule is Cc1cc(C)nc(NC(C)c2nc(C)sc2C)n1. The molecule has 0 saturated carbocycles. The largest absolute Gasteiger partial charge is 0.346 e. The van der Waals surface area contributed by atoms with Crippen LogP contribution in [0.15, 0.2) is 6.07 Å². The highest BCUT2D eigenvalue weighted by atomic mass is 32.1. The molecular formula is C13H18N4S. The van der Waals surface area contributed by atoms with E-state index in [2.05, 4.69) is 34.1 Å². The van der Waals surface area contributed by atoms with Crippen molar-refractivity contribution in [3.8, 4) is 0 Å². The number of hydrogen-bond acceptors (Lipinski definition) is 5. The maximum Gasteiger partial charge on any atom is 0.223 e. The lowest BCUT2D eigenvalue weighted by atomic mass is 10.2. The van der Waals surface area contributed by atoms with Crippen molar-refractivity contribution >= 4 is 17.3 Å². The quantitative estimate of drug-likeness (QED) is 0.921. The number of nitrogens with one attached hydrogen (secondary N) is 1. The number of aryl methyl sites for hydroxylation is 4. The van der Waals surface area contributed by atoms with Crippen molar-refractivity contribution in [2.45, 2.75) is 40.7 Å². The molecule has 5 heteroatoms. The number of hydrogen-bond donors (Lipinski definition) is 1. The van der Waals surface area contributed by atoms with Gasteiger partial charge in [0, 0.05) is 16.3 Å². The minimum absolute atomic E-state index is 0.121. The molecule has 0 radical (unpaired) electrons. The molecule has 0 fully saturated rings. The van der Waals surface area contributed by atoms with Gasteiger partial charge >= 0.3 is 0 Å². The Morgan fingerprint density at radius 3 is 2.17 bits per heavy atom. The van der Waals surface area contributed by atoms with Gasteiger partial charge in [-0.1, -0.05) is 0 Å². The fourth-order valence-electron chi connectivity index (χ4n) is 2.00. The normalized spacial score (nSPS) is 12.5. The third-order valence-electron chi connectivity index (χ3n) is 2.68. The highest BCUT2D eigenvalue weighted by Crippen LogP contribution is 2.24. The Kier molecular flexibility index (Phi) is 3.61. The molecule has 2 rings (SSSR count). The molecule has 1 unspecified atom stereocenters. The van der Waals surface area contributed by atoms with Crippen LogP contribution in [0.4, 0.5) is 5.95 Å². The van der Waals surface area contributed by atoms with Crippen LogP contribution in [-0.2, 0) is 0 Å². The summed E-state index contributed by atoms with van der Waals surface area (Å²) in [6, 6.07) is 2.09. The summed E-state index contributed by atoms with van der Waals surface area (Å²) in [6.07, 6.45) is 0. The van der Waals surface area contributed by atoms with Crippen LogP contribution in [0.3, 0.4) is 0 Å². The monoisotopic (exact) mass is 262 g/mol. The molecular weight excluding hydrogens is 244 g/mol. The Morgan fingerprint density at radius 1 is 1.06 bits per heavy atom. The molecule has 1 N–H and O–H groups in total. The molecule has 1 atom stereocenters. The van der Waals surface area contributed by atoms with Crippen molar-refractivity contribution in [1.82, 2.24) is 15.0 Å². The Hall–Kier alpha value is -1.49. The lowest BCUT2D eigenvalue weighted by molar-refractivity contribution is 0.815. The van der Waals surface area contributed by atoms with Gasteiger partial charge in [-0.05, 0) is 40.7 Å². The van der Waals surface area contributed by atoms with Crippen molar-refractivity contribution in [1.29, 1.82) is 0 Å². The molecule has 0 bridgehead atoms. The van der Waals surface area contributed by atoms with Gasteiger partial charge in [-0.15, -0.1) is 11.3 Å². The minimum Gasteiger partial charge on any atom is -0.346 e. The van der Waals surface area contributed by atoms with E-state index in [9.17, 15) is 0 Å². The van der Waals surface area contributed by atoms with Crippen LogP contribution in [0.2, 0.25) is 0 Å². The van der Waals surface area contributed by atoms with Crippen LogP contribution in [0, 0.1) is 27.7 Å². The number of nitrogens with zero attached hydrogens (tertiary/aromatic N) is 3. The molecule has 0 aliphatic rings. The zero-order chi connectivity index (χ0) is 13.3. The molecule has 18 heavy (non-hydrogen) atoms. The molecule has 0 saturated heterocycles. The fraction of sp³-hybridized carbons (Fsp3) is 0.462. The highest BCUT2D eigenvalue weighted by molar-refractivity contribution is 7.11. The molecule has 0 aliphatic heterocycles. The van der Waals surface area contributed by atoms with E-state index in [0.717, 1.165) is 22.1 Å². The maximum atomic E-state index is 4.55. The zero-order valence-electron chi connectivity index (χ0n) is 11.4. The van der Waals surface area contributed by atoms with Crippen LogP contribution in [0.5, 0.6) is 0 Å². The Morgan fingerprint density at radius 2 is 1.67 bits per heavy atom. The van der Waals surface area contributed by atoms with Gasteiger partial charge in [0.25, 0.3) is 0 Å². The molecule has 2 aromatic heterocycles. The van der Waals surface area contributed by atoms with Crippen molar-refractivity contribution in [2.75, 3.05) is 5.32 Å². The molecule has 4 nitrogen and oxygen atoms in total. The number of rotatable bonds is 3. The molecule has 2 aromatic rings. The summed E-state index contributed by atoms with van der Waals surface area (Å²) in [5.74, 6) is 0.671. The summed E-state index contributed by atoms with van der Waals surface area (Å²) in [4.78, 5) is 14.6. The molecule has 96 valence electrons. The number of anilines is 1. The van der Waals surface area contributed by atoms with Crippen molar-refractivity contribution in [3.05, 3.63) is 33.0 Å². The first-order valence-corrected chi connectivity index (χ1v) is 6.80. The van der Waals surface area contributed by atoms with Crippen LogP contribution < -0.4 is 5.32 Å². The zero-order valence-corrected chi connectivity index (χ0v) is 12.2. The first kappa shape index (κ1) is 13.0. The molecule has 2 heterocycles. The van der Waals surface area contributed by atoms with E-state index in [0.29, 0.717) is 5.95 Å². The molecule has 0 aromatic carbocycles. The first-order valence-electron chi connectivity index (χ1n) is 5.98. The average molecular weight is 262 g/mol. The second-order valence-electron chi connectivity index (χ2n) is 4.51. The van der Waals surface area contributed by atoms with Gasteiger partial charge in [-0.3, -0.25) is 0 Å². The van der Waals surface area contributed by atoms with Crippen molar-refractivity contribution in [2.24, 2.45) is 0 Å². The number of aromatic nitrogens is 3. The lowest BCUT2D eigenvalue weighted by Crippen LogP contribution is -2.11. The van der Waals surface area contributed by atoms with Crippen LogP contribution in [0.25, 0.3) is 0 Å². The molecule has 0 spiro atoms. The van der Waals surface area contributed by atoms with E-state index in [1.54, 1.807) is 11.3 Å². The Bertz CT molecular complexity index is 542. The van der Waals surface area contributed by atoms with E-state index >= 15 is 0 Å². The average Bonchev–Trinajstić information content (AvgIpc) is 2.56. The van der Waals surface area contributed by atoms with Gasteiger partial charge in [-0.2, -0.15) is 0 Å². The minimum atomic E-state index is 0.121. The third kappa shape index (κ3) is 2.85. The highest BCUT2D eigenvalue weighted by Gasteiger charge is 2.14.